The maximum atomic E-state index is 2.51. The van der Waals surface area contributed by atoms with E-state index in [4.69, 9.17) is 0 Å². The molecule has 6 rings (SSSR count). The van der Waals surface area contributed by atoms with E-state index in [0.29, 0.717) is 0 Å². The van der Waals surface area contributed by atoms with Crippen LogP contribution in [0.2, 0.25) is 19.6 Å². The quantitative estimate of drug-likeness (QED) is 0.132. The second-order valence-electron chi connectivity index (χ2n) is 15.3. The molecule has 0 spiro atoms. The Morgan fingerprint density at radius 3 is 1.73 bits per heavy atom. The third kappa shape index (κ3) is 7.19. The first kappa shape index (κ1) is 32.6. The zero-order valence-corrected chi connectivity index (χ0v) is 31.6. The molecule has 5 aromatic carbocycles. The van der Waals surface area contributed by atoms with Crippen LogP contribution in [0.3, 0.4) is 0 Å². The van der Waals surface area contributed by atoms with Gasteiger partial charge in [0.05, 0.1) is 8.07 Å². The summed E-state index contributed by atoms with van der Waals surface area (Å²) in [7, 11) is -1.29. The SMILES string of the molecule is CC(C)(C)c1ccc2[cH-]c3c(C4=CC([Si](C)(C)C)=CC4)cc(C(C)(C)C)cc3c2c1.[Zr]=[C](c1ccccc1)c1ccccc1. The van der Waals surface area contributed by atoms with E-state index in [1.54, 1.807) is 5.20 Å². The molecule has 0 radical (unpaired) electrons. The number of rotatable bonds is 4. The van der Waals surface area contributed by atoms with Crippen LogP contribution in [0.4, 0.5) is 0 Å². The Morgan fingerprint density at radius 1 is 0.682 bits per heavy atom. The van der Waals surface area contributed by atoms with Gasteiger partial charge < -0.3 is 0 Å². The molecule has 0 bridgehead atoms. The molecule has 5 aromatic rings. The Bertz CT molecular complexity index is 1820. The molecular weight excluding hydrogens is 624 g/mol. The number of hydrogen-bond donors (Lipinski definition) is 0. The number of allylic oxidation sites excluding steroid dienone is 4. The molecule has 0 saturated heterocycles. The minimum absolute atomic E-state index is 0.127. The summed E-state index contributed by atoms with van der Waals surface area (Å²) in [5.41, 5.74) is 8.72. The van der Waals surface area contributed by atoms with Crippen LogP contribution in [-0.2, 0) is 35.1 Å². The van der Waals surface area contributed by atoms with Crippen LogP contribution < -0.4 is 0 Å². The Hall–Kier alpha value is -2.80. The summed E-state index contributed by atoms with van der Waals surface area (Å²) < 4.78 is 1.42. The molecule has 0 unspecified atom stereocenters. The third-order valence-corrected chi connectivity index (χ3v) is 12.3. The van der Waals surface area contributed by atoms with Crippen molar-refractivity contribution in [3.05, 3.63) is 142 Å². The molecule has 0 fully saturated rings. The molecule has 0 saturated carbocycles. The Kier molecular flexibility index (Phi) is 9.28. The molecule has 44 heavy (non-hydrogen) atoms. The van der Waals surface area contributed by atoms with E-state index in [9.17, 15) is 0 Å². The molecule has 224 valence electrons. The average molecular weight is 671 g/mol. The van der Waals surface area contributed by atoms with Gasteiger partial charge in [-0.25, -0.2) is 0 Å². The molecule has 0 aliphatic heterocycles. The fraction of sp³-hybridized carbons (Fsp3) is 0.286. The summed E-state index contributed by atoms with van der Waals surface area (Å²) in [6.07, 6.45) is 6.06. The van der Waals surface area contributed by atoms with Crippen LogP contribution in [-0.4, -0.2) is 11.3 Å². The Balaban J connectivity index is 0.000000229. The first-order valence-corrected chi connectivity index (χ1v) is 20.6. The summed E-state index contributed by atoms with van der Waals surface area (Å²) in [5.74, 6) is 0. The summed E-state index contributed by atoms with van der Waals surface area (Å²) in [6, 6.07) is 35.5. The van der Waals surface area contributed by atoms with Crippen molar-refractivity contribution in [3.63, 3.8) is 0 Å². The van der Waals surface area contributed by atoms with Gasteiger partial charge in [-0.05, 0) is 17.3 Å². The predicted molar refractivity (Wildman–Crippen MR) is 195 cm³/mol. The van der Waals surface area contributed by atoms with Crippen molar-refractivity contribution >= 4 is 38.4 Å². The number of fused-ring (bicyclic) bond motifs is 3. The van der Waals surface area contributed by atoms with Crippen molar-refractivity contribution in [3.8, 4) is 0 Å². The van der Waals surface area contributed by atoms with E-state index in [1.807, 2.05) is 0 Å². The van der Waals surface area contributed by atoms with Crippen molar-refractivity contribution in [2.75, 3.05) is 0 Å². The van der Waals surface area contributed by atoms with E-state index in [-0.39, 0.29) is 10.8 Å². The molecule has 0 aromatic heterocycles. The van der Waals surface area contributed by atoms with Gasteiger partial charge in [0.25, 0.3) is 0 Å². The van der Waals surface area contributed by atoms with Crippen molar-refractivity contribution in [2.24, 2.45) is 0 Å². The molecule has 0 amide bonds. The summed E-state index contributed by atoms with van der Waals surface area (Å²) >= 11 is 1.46. The average Bonchev–Trinajstić information content (AvgIpc) is 3.62. The van der Waals surface area contributed by atoms with Crippen molar-refractivity contribution in [1.29, 1.82) is 0 Å². The van der Waals surface area contributed by atoms with Gasteiger partial charge in [0.1, 0.15) is 0 Å². The first-order valence-electron chi connectivity index (χ1n) is 15.9. The fourth-order valence-corrected chi connectivity index (χ4v) is 8.02. The zero-order chi connectivity index (χ0) is 31.9. The minimum atomic E-state index is -1.29. The number of hydrogen-bond acceptors (Lipinski definition) is 0. The van der Waals surface area contributed by atoms with Gasteiger partial charge in [0.2, 0.25) is 0 Å². The van der Waals surface area contributed by atoms with Gasteiger partial charge in [0, 0.05) is 0 Å². The topological polar surface area (TPSA) is 0 Å². The van der Waals surface area contributed by atoms with Gasteiger partial charge in [0.15, 0.2) is 0 Å². The molecule has 2 heteroatoms. The van der Waals surface area contributed by atoms with E-state index >= 15 is 0 Å². The fourth-order valence-electron chi connectivity index (χ4n) is 5.88. The molecule has 0 nitrogen and oxygen atoms in total. The summed E-state index contributed by atoms with van der Waals surface area (Å²) in [5, 5.41) is 7.20. The van der Waals surface area contributed by atoms with Crippen molar-refractivity contribution < 1.29 is 24.2 Å². The molecule has 1 aliphatic carbocycles. The summed E-state index contributed by atoms with van der Waals surface area (Å²) in [6.45, 7) is 21.3. The monoisotopic (exact) mass is 669 g/mol. The second kappa shape index (κ2) is 12.5. The van der Waals surface area contributed by atoms with Crippen LogP contribution in [0.15, 0.2) is 114 Å². The van der Waals surface area contributed by atoms with E-state index < -0.39 is 8.07 Å². The standard InChI is InChI=1S/C29H37Si.C13H10.Zr/c1-28(2,3)21-12-10-20-15-26-25(19-11-13-23(14-19)30(7,8)9)17-22(29(4,5)6)18-27(26)24(20)16-21;1-3-7-12(8-4-1)11-13-9-5-2-6-10-13;/h10,12-18H,11H2,1-9H3;1-10H;/q-1;;. The van der Waals surface area contributed by atoms with Crippen LogP contribution in [0, 0.1) is 0 Å². The molecule has 0 atom stereocenters. The Morgan fingerprint density at radius 2 is 1.23 bits per heavy atom. The first-order chi connectivity index (χ1) is 20.6. The third-order valence-electron chi connectivity index (χ3n) is 8.76. The van der Waals surface area contributed by atoms with Crippen LogP contribution >= 0.6 is 0 Å². The van der Waals surface area contributed by atoms with Crippen LogP contribution in [0.1, 0.15) is 75.8 Å². The molecule has 1 aliphatic rings. The summed E-state index contributed by atoms with van der Waals surface area (Å²) in [4.78, 5) is 0. The second-order valence-corrected chi connectivity index (χ2v) is 21.6. The zero-order valence-electron chi connectivity index (χ0n) is 28.1. The van der Waals surface area contributed by atoms with Crippen LogP contribution in [0.25, 0.3) is 27.1 Å². The van der Waals surface area contributed by atoms with E-state index in [0.717, 1.165) is 6.42 Å². The van der Waals surface area contributed by atoms with Crippen molar-refractivity contribution in [1.82, 2.24) is 0 Å². The normalized spacial score (nSPS) is 13.8. The van der Waals surface area contributed by atoms with E-state index in [2.05, 4.69) is 170 Å². The van der Waals surface area contributed by atoms with Crippen LogP contribution in [0.5, 0.6) is 0 Å². The van der Waals surface area contributed by atoms with Crippen molar-refractivity contribution in [2.45, 2.75) is 78.4 Å². The molecule has 0 heterocycles. The van der Waals surface area contributed by atoms with Gasteiger partial charge >= 0.3 is 99.2 Å². The molecular formula is C42H47SiZr-. The van der Waals surface area contributed by atoms with Gasteiger partial charge in [-0.1, -0.05) is 125 Å². The number of benzene rings is 4. The maximum absolute atomic E-state index is 2.51. The predicted octanol–water partition coefficient (Wildman–Crippen LogP) is 11.7. The molecule has 0 N–H and O–H groups in total. The Labute approximate surface area is 281 Å². The van der Waals surface area contributed by atoms with Gasteiger partial charge in [-0.15, -0.1) is 33.7 Å². The van der Waals surface area contributed by atoms with E-state index in [1.165, 1.54) is 82.4 Å². The van der Waals surface area contributed by atoms with Gasteiger partial charge in [-0.3, -0.25) is 0 Å². The van der Waals surface area contributed by atoms with Gasteiger partial charge in [-0.2, -0.15) is 0 Å².